The molecular formula is C14H15ClN2OS. The van der Waals surface area contributed by atoms with E-state index in [1.54, 1.807) is 17.4 Å². The predicted octanol–water partition coefficient (Wildman–Crippen LogP) is 3.71. The summed E-state index contributed by atoms with van der Waals surface area (Å²) in [5.41, 5.74) is 6.96. The average molecular weight is 295 g/mol. The topological polar surface area (TPSA) is 48.1 Å². The van der Waals surface area contributed by atoms with Gasteiger partial charge in [-0.3, -0.25) is 0 Å². The molecule has 19 heavy (non-hydrogen) atoms. The Hall–Kier alpha value is -1.10. The van der Waals surface area contributed by atoms with Crippen molar-refractivity contribution in [3.05, 3.63) is 44.9 Å². The second-order valence-electron chi connectivity index (χ2n) is 4.64. The molecule has 1 aromatic carbocycles. The number of hydrogen-bond acceptors (Lipinski definition) is 4. The molecule has 1 aliphatic rings. The molecule has 0 aliphatic heterocycles. The van der Waals surface area contributed by atoms with Crippen LogP contribution in [-0.4, -0.2) is 4.98 Å². The number of hydrogen-bond donors (Lipinski definition) is 1. The zero-order chi connectivity index (χ0) is 13.2. The van der Waals surface area contributed by atoms with Crippen LogP contribution in [0, 0.1) is 0 Å². The lowest BCUT2D eigenvalue weighted by atomic mass is 10.2. The molecule has 0 radical (unpaired) electrons. The highest BCUT2D eigenvalue weighted by atomic mass is 35.5. The van der Waals surface area contributed by atoms with Gasteiger partial charge in [-0.1, -0.05) is 17.7 Å². The first-order valence-electron chi connectivity index (χ1n) is 6.33. The molecule has 1 heterocycles. The van der Waals surface area contributed by atoms with Gasteiger partial charge < -0.3 is 10.5 Å². The molecule has 1 aromatic heterocycles. The molecule has 3 nitrogen and oxygen atoms in total. The van der Waals surface area contributed by atoms with E-state index in [0.717, 1.165) is 10.8 Å². The van der Waals surface area contributed by atoms with Gasteiger partial charge >= 0.3 is 0 Å². The minimum absolute atomic E-state index is 0.477. The van der Waals surface area contributed by atoms with Gasteiger partial charge in [-0.15, -0.1) is 11.3 Å². The number of ether oxygens (including phenoxy) is 1. The van der Waals surface area contributed by atoms with Gasteiger partial charge in [0.25, 0.3) is 0 Å². The molecule has 0 atom stereocenters. The van der Waals surface area contributed by atoms with E-state index in [1.807, 2.05) is 18.2 Å². The first-order valence-corrected chi connectivity index (χ1v) is 7.52. The van der Waals surface area contributed by atoms with Crippen molar-refractivity contribution in [2.45, 2.75) is 31.9 Å². The molecule has 0 bridgehead atoms. The van der Waals surface area contributed by atoms with Gasteiger partial charge in [0, 0.05) is 22.4 Å². The van der Waals surface area contributed by atoms with E-state index < -0.39 is 0 Å². The molecule has 3 rings (SSSR count). The number of nitrogens with two attached hydrogens (primary N) is 1. The Labute approximate surface area is 121 Å². The van der Waals surface area contributed by atoms with Gasteiger partial charge in [0.2, 0.25) is 0 Å². The summed E-state index contributed by atoms with van der Waals surface area (Å²) in [6.07, 6.45) is 2.48. The quantitative estimate of drug-likeness (QED) is 0.914. The number of aromatic nitrogens is 1. The molecule has 1 aliphatic carbocycles. The predicted molar refractivity (Wildman–Crippen MR) is 77.8 cm³/mol. The number of rotatable bonds is 5. The van der Waals surface area contributed by atoms with Crippen LogP contribution in [0.2, 0.25) is 5.02 Å². The Morgan fingerprint density at radius 1 is 1.42 bits per heavy atom. The summed E-state index contributed by atoms with van der Waals surface area (Å²) >= 11 is 7.58. The third-order valence-electron chi connectivity index (χ3n) is 3.08. The first-order chi connectivity index (χ1) is 9.26. The average Bonchev–Trinajstić information content (AvgIpc) is 3.17. The smallest absolute Gasteiger partial charge is 0.140 e. The van der Waals surface area contributed by atoms with E-state index in [0.29, 0.717) is 24.1 Å². The minimum Gasteiger partial charge on any atom is -0.486 e. The maximum absolute atomic E-state index is 5.92. The van der Waals surface area contributed by atoms with E-state index in [-0.39, 0.29) is 0 Å². The fraction of sp³-hybridized carbons (Fsp3) is 0.357. The lowest BCUT2D eigenvalue weighted by molar-refractivity contribution is 0.305. The Morgan fingerprint density at radius 2 is 2.26 bits per heavy atom. The highest BCUT2D eigenvalue weighted by Crippen LogP contribution is 2.42. The van der Waals surface area contributed by atoms with Crippen LogP contribution in [0.4, 0.5) is 0 Å². The molecule has 1 saturated carbocycles. The Kier molecular flexibility index (Phi) is 3.73. The second-order valence-corrected chi connectivity index (χ2v) is 6.25. The van der Waals surface area contributed by atoms with Crippen molar-refractivity contribution < 1.29 is 4.74 Å². The normalized spacial score (nSPS) is 14.6. The molecule has 5 heteroatoms. The van der Waals surface area contributed by atoms with Crippen LogP contribution >= 0.6 is 22.9 Å². The zero-order valence-corrected chi connectivity index (χ0v) is 12.0. The van der Waals surface area contributed by atoms with Crippen LogP contribution < -0.4 is 10.5 Å². The van der Waals surface area contributed by atoms with E-state index in [9.17, 15) is 0 Å². The number of halogens is 1. The summed E-state index contributed by atoms with van der Waals surface area (Å²) in [6.45, 7) is 1.05. The van der Waals surface area contributed by atoms with E-state index in [2.05, 4.69) is 4.98 Å². The number of thiazole rings is 1. The number of nitrogens with zero attached hydrogens (tertiary/aromatic N) is 1. The van der Waals surface area contributed by atoms with Crippen molar-refractivity contribution >= 4 is 22.9 Å². The fourth-order valence-electron chi connectivity index (χ4n) is 2.00. The summed E-state index contributed by atoms with van der Waals surface area (Å²) in [5, 5.41) is 1.67. The molecular weight excluding hydrogens is 280 g/mol. The van der Waals surface area contributed by atoms with Gasteiger partial charge in [-0.2, -0.15) is 0 Å². The van der Waals surface area contributed by atoms with Crippen LogP contribution in [0.1, 0.15) is 34.3 Å². The van der Waals surface area contributed by atoms with Crippen molar-refractivity contribution in [3.8, 4) is 5.75 Å². The third kappa shape index (κ3) is 3.08. The van der Waals surface area contributed by atoms with Crippen molar-refractivity contribution in [2.75, 3.05) is 0 Å². The monoisotopic (exact) mass is 294 g/mol. The molecule has 0 unspecified atom stereocenters. The summed E-state index contributed by atoms with van der Waals surface area (Å²) in [5.74, 6) is 1.40. The summed E-state index contributed by atoms with van der Waals surface area (Å²) in [4.78, 5) is 5.86. The van der Waals surface area contributed by atoms with Crippen LogP contribution in [0.5, 0.6) is 5.75 Å². The van der Waals surface area contributed by atoms with Crippen LogP contribution in [0.25, 0.3) is 0 Å². The minimum atomic E-state index is 0.477. The van der Waals surface area contributed by atoms with Gasteiger partial charge in [0.05, 0.1) is 5.69 Å². The maximum atomic E-state index is 5.92. The highest BCUT2D eigenvalue weighted by Gasteiger charge is 2.29. The highest BCUT2D eigenvalue weighted by molar-refractivity contribution is 7.11. The van der Waals surface area contributed by atoms with Gasteiger partial charge in [0.15, 0.2) is 0 Å². The van der Waals surface area contributed by atoms with Crippen molar-refractivity contribution in [1.82, 2.24) is 4.98 Å². The Balaban J connectivity index is 1.69. The number of benzene rings is 1. The Morgan fingerprint density at radius 3 is 2.95 bits per heavy atom. The maximum Gasteiger partial charge on any atom is 0.140 e. The first kappa shape index (κ1) is 12.9. The largest absolute Gasteiger partial charge is 0.486 e. The van der Waals surface area contributed by atoms with Gasteiger partial charge in [-0.05, 0) is 31.0 Å². The van der Waals surface area contributed by atoms with Gasteiger partial charge in [-0.25, -0.2) is 4.98 Å². The molecule has 0 saturated heterocycles. The van der Waals surface area contributed by atoms with E-state index >= 15 is 0 Å². The zero-order valence-electron chi connectivity index (χ0n) is 10.4. The molecule has 2 N–H and O–H groups in total. The molecule has 2 aromatic rings. The standard InChI is InChI=1S/C14H15ClN2OS/c15-10-2-1-3-11(6-10)18-8-13-17-14(9-4-5-9)12(7-16)19-13/h1-3,6,9H,4-5,7-8,16H2. The van der Waals surface area contributed by atoms with Crippen LogP contribution in [0.15, 0.2) is 24.3 Å². The lowest BCUT2D eigenvalue weighted by Crippen LogP contribution is -1.97. The fourth-order valence-corrected chi connectivity index (χ4v) is 3.13. The van der Waals surface area contributed by atoms with E-state index in [1.165, 1.54) is 23.4 Å². The van der Waals surface area contributed by atoms with Crippen molar-refractivity contribution in [2.24, 2.45) is 5.73 Å². The van der Waals surface area contributed by atoms with Crippen LogP contribution in [0.3, 0.4) is 0 Å². The summed E-state index contributed by atoms with van der Waals surface area (Å²) < 4.78 is 5.71. The SMILES string of the molecule is NCc1sc(COc2cccc(Cl)c2)nc1C1CC1. The summed E-state index contributed by atoms with van der Waals surface area (Å²) in [7, 11) is 0. The lowest BCUT2D eigenvalue weighted by Gasteiger charge is -2.03. The molecule has 1 fully saturated rings. The molecule has 0 amide bonds. The summed E-state index contributed by atoms with van der Waals surface area (Å²) in [6, 6.07) is 7.40. The third-order valence-corrected chi connectivity index (χ3v) is 4.38. The van der Waals surface area contributed by atoms with Crippen LogP contribution in [-0.2, 0) is 13.2 Å². The van der Waals surface area contributed by atoms with Gasteiger partial charge in [0.1, 0.15) is 17.4 Å². The Bertz CT molecular complexity index is 581. The van der Waals surface area contributed by atoms with Crippen molar-refractivity contribution in [1.29, 1.82) is 0 Å². The van der Waals surface area contributed by atoms with Crippen molar-refractivity contribution in [3.63, 3.8) is 0 Å². The van der Waals surface area contributed by atoms with E-state index in [4.69, 9.17) is 22.1 Å². The second kappa shape index (κ2) is 5.49. The molecule has 100 valence electrons. The molecule has 0 spiro atoms.